The normalized spacial score (nSPS) is 14.5. The van der Waals surface area contributed by atoms with E-state index in [2.05, 4.69) is 41.1 Å². The molecule has 1 aliphatic heterocycles. The molecule has 0 atom stereocenters. The summed E-state index contributed by atoms with van der Waals surface area (Å²) in [6, 6.07) is 5.09. The molecule has 0 spiro atoms. The lowest BCUT2D eigenvalue weighted by atomic mass is 10.2. The standard InChI is InChI=1S/C14H15BrFN5/c1-17-13-18-12(9-5-4-6-10(15)11(9)16)19-14(20-13)21-7-2-3-8-21/h4-6H,2-3,7-8H2,1H3,(H,17,18,19,20). The van der Waals surface area contributed by atoms with Crippen molar-refractivity contribution in [1.29, 1.82) is 0 Å². The minimum absolute atomic E-state index is 0.343. The molecule has 3 rings (SSSR count). The maximum absolute atomic E-state index is 14.3. The van der Waals surface area contributed by atoms with Crippen molar-refractivity contribution in [2.45, 2.75) is 12.8 Å². The van der Waals surface area contributed by atoms with Crippen LogP contribution >= 0.6 is 15.9 Å². The van der Waals surface area contributed by atoms with Gasteiger partial charge >= 0.3 is 0 Å². The Morgan fingerprint density at radius 1 is 1.19 bits per heavy atom. The fourth-order valence-corrected chi connectivity index (χ4v) is 2.70. The summed E-state index contributed by atoms with van der Waals surface area (Å²) in [4.78, 5) is 15.2. The Morgan fingerprint density at radius 3 is 2.67 bits per heavy atom. The van der Waals surface area contributed by atoms with E-state index in [1.165, 1.54) is 0 Å². The minimum atomic E-state index is -0.363. The Bertz CT molecular complexity index is 658. The van der Waals surface area contributed by atoms with Gasteiger partial charge in [-0.2, -0.15) is 15.0 Å². The molecule has 110 valence electrons. The van der Waals surface area contributed by atoms with Crippen molar-refractivity contribution in [3.05, 3.63) is 28.5 Å². The maximum atomic E-state index is 14.3. The van der Waals surface area contributed by atoms with Crippen LogP contribution in [0.1, 0.15) is 12.8 Å². The molecule has 7 heteroatoms. The van der Waals surface area contributed by atoms with E-state index in [1.54, 1.807) is 25.2 Å². The number of hydrogen-bond donors (Lipinski definition) is 1. The van der Waals surface area contributed by atoms with Crippen LogP contribution in [-0.2, 0) is 0 Å². The van der Waals surface area contributed by atoms with Crippen molar-refractivity contribution in [2.75, 3.05) is 30.4 Å². The molecule has 21 heavy (non-hydrogen) atoms. The van der Waals surface area contributed by atoms with Crippen molar-refractivity contribution in [3.8, 4) is 11.4 Å². The van der Waals surface area contributed by atoms with Gasteiger partial charge in [0, 0.05) is 20.1 Å². The molecule has 0 radical (unpaired) electrons. The molecule has 1 aromatic carbocycles. The quantitative estimate of drug-likeness (QED) is 0.920. The third-order valence-corrected chi connectivity index (χ3v) is 4.04. The highest BCUT2D eigenvalue weighted by atomic mass is 79.9. The zero-order chi connectivity index (χ0) is 14.8. The number of hydrogen-bond acceptors (Lipinski definition) is 5. The molecule has 0 bridgehead atoms. The lowest BCUT2D eigenvalue weighted by Crippen LogP contribution is -2.21. The number of nitrogens with zero attached hydrogens (tertiary/aromatic N) is 4. The first-order valence-corrected chi connectivity index (χ1v) is 7.61. The van der Waals surface area contributed by atoms with Crippen molar-refractivity contribution in [2.24, 2.45) is 0 Å². The molecule has 1 N–H and O–H groups in total. The minimum Gasteiger partial charge on any atom is -0.357 e. The molecular weight excluding hydrogens is 337 g/mol. The Kier molecular flexibility index (Phi) is 4.01. The summed E-state index contributed by atoms with van der Waals surface area (Å²) in [5.41, 5.74) is 0.365. The average Bonchev–Trinajstić information content (AvgIpc) is 3.04. The van der Waals surface area contributed by atoms with Crippen molar-refractivity contribution >= 4 is 27.8 Å². The Labute approximate surface area is 130 Å². The number of benzene rings is 1. The van der Waals surface area contributed by atoms with Gasteiger partial charge in [0.1, 0.15) is 5.82 Å². The van der Waals surface area contributed by atoms with Crippen molar-refractivity contribution in [3.63, 3.8) is 0 Å². The second-order valence-corrected chi connectivity index (χ2v) is 5.68. The molecule has 0 amide bonds. The van der Waals surface area contributed by atoms with Gasteiger partial charge in [-0.25, -0.2) is 4.39 Å². The zero-order valence-electron chi connectivity index (χ0n) is 11.6. The third kappa shape index (κ3) is 2.83. The van der Waals surface area contributed by atoms with Crippen LogP contribution in [0.2, 0.25) is 0 Å². The Balaban J connectivity index is 2.09. The molecule has 0 saturated carbocycles. The average molecular weight is 352 g/mol. The van der Waals surface area contributed by atoms with Crippen LogP contribution in [0.15, 0.2) is 22.7 Å². The summed E-state index contributed by atoms with van der Waals surface area (Å²) in [6.07, 6.45) is 2.25. The second-order valence-electron chi connectivity index (χ2n) is 4.83. The summed E-state index contributed by atoms with van der Waals surface area (Å²) in [7, 11) is 1.74. The molecule has 2 aromatic rings. The second kappa shape index (κ2) is 5.93. The number of rotatable bonds is 3. The molecule has 1 aromatic heterocycles. The van der Waals surface area contributed by atoms with E-state index in [1.807, 2.05) is 0 Å². The third-order valence-electron chi connectivity index (χ3n) is 3.43. The monoisotopic (exact) mass is 351 g/mol. The fraction of sp³-hybridized carbons (Fsp3) is 0.357. The van der Waals surface area contributed by atoms with Crippen LogP contribution in [0.25, 0.3) is 11.4 Å². The molecule has 0 unspecified atom stereocenters. The molecule has 1 aliphatic rings. The Hall–Kier alpha value is -1.76. The predicted molar refractivity (Wildman–Crippen MR) is 83.9 cm³/mol. The van der Waals surface area contributed by atoms with Gasteiger partial charge in [-0.1, -0.05) is 6.07 Å². The van der Waals surface area contributed by atoms with E-state index in [0.717, 1.165) is 25.9 Å². The predicted octanol–water partition coefficient (Wildman–Crippen LogP) is 3.08. The van der Waals surface area contributed by atoms with E-state index >= 15 is 0 Å². The first-order valence-electron chi connectivity index (χ1n) is 6.82. The van der Waals surface area contributed by atoms with Gasteiger partial charge in [-0.3, -0.25) is 0 Å². The van der Waals surface area contributed by atoms with Crippen LogP contribution in [0.4, 0.5) is 16.3 Å². The summed E-state index contributed by atoms with van der Waals surface area (Å²) >= 11 is 3.19. The van der Waals surface area contributed by atoms with Crippen molar-refractivity contribution in [1.82, 2.24) is 15.0 Å². The molecule has 2 heterocycles. The summed E-state index contributed by atoms with van der Waals surface area (Å²) in [5, 5.41) is 2.91. The summed E-state index contributed by atoms with van der Waals surface area (Å²) in [5.74, 6) is 1.02. The van der Waals surface area contributed by atoms with Crippen molar-refractivity contribution < 1.29 is 4.39 Å². The highest BCUT2D eigenvalue weighted by Gasteiger charge is 2.19. The number of nitrogens with one attached hydrogen (secondary N) is 1. The molecule has 5 nitrogen and oxygen atoms in total. The molecule has 1 saturated heterocycles. The number of halogens is 2. The molecule has 0 aliphatic carbocycles. The van der Waals surface area contributed by atoms with Gasteiger partial charge in [-0.15, -0.1) is 0 Å². The summed E-state index contributed by atoms with van der Waals surface area (Å²) in [6.45, 7) is 1.85. The van der Waals surface area contributed by atoms with Gasteiger partial charge in [0.05, 0.1) is 10.0 Å². The van der Waals surface area contributed by atoms with Gasteiger partial charge in [0.15, 0.2) is 5.82 Å². The number of aromatic nitrogens is 3. The lowest BCUT2D eigenvalue weighted by Gasteiger charge is -2.16. The summed E-state index contributed by atoms with van der Waals surface area (Å²) < 4.78 is 14.6. The fourth-order valence-electron chi connectivity index (χ4n) is 2.33. The zero-order valence-corrected chi connectivity index (χ0v) is 13.2. The number of anilines is 2. The van der Waals surface area contributed by atoms with E-state index in [0.29, 0.717) is 27.8 Å². The molecular formula is C14H15BrFN5. The van der Waals surface area contributed by atoms with E-state index in [4.69, 9.17) is 0 Å². The smallest absolute Gasteiger partial charge is 0.230 e. The van der Waals surface area contributed by atoms with Gasteiger partial charge < -0.3 is 10.2 Å². The van der Waals surface area contributed by atoms with Gasteiger partial charge in [-0.05, 0) is 40.9 Å². The first-order chi connectivity index (χ1) is 10.2. The largest absolute Gasteiger partial charge is 0.357 e. The van der Waals surface area contributed by atoms with Crippen LogP contribution in [-0.4, -0.2) is 35.1 Å². The Morgan fingerprint density at radius 2 is 1.95 bits per heavy atom. The van der Waals surface area contributed by atoms with Gasteiger partial charge in [0.25, 0.3) is 0 Å². The highest BCUT2D eigenvalue weighted by Crippen LogP contribution is 2.27. The van der Waals surface area contributed by atoms with Gasteiger partial charge in [0.2, 0.25) is 11.9 Å². The van der Waals surface area contributed by atoms with Crippen LogP contribution in [0.3, 0.4) is 0 Å². The SMILES string of the molecule is CNc1nc(-c2cccc(Br)c2F)nc(N2CCCC2)n1. The van der Waals surface area contributed by atoms with E-state index in [9.17, 15) is 4.39 Å². The van der Waals surface area contributed by atoms with Crippen LogP contribution in [0.5, 0.6) is 0 Å². The van der Waals surface area contributed by atoms with E-state index in [-0.39, 0.29) is 5.82 Å². The van der Waals surface area contributed by atoms with E-state index < -0.39 is 0 Å². The lowest BCUT2D eigenvalue weighted by molar-refractivity contribution is 0.623. The van der Waals surface area contributed by atoms with Crippen LogP contribution < -0.4 is 10.2 Å². The topological polar surface area (TPSA) is 53.9 Å². The highest BCUT2D eigenvalue weighted by molar-refractivity contribution is 9.10. The first kappa shape index (κ1) is 14.2. The van der Waals surface area contributed by atoms with Crippen LogP contribution in [0, 0.1) is 5.82 Å². The maximum Gasteiger partial charge on any atom is 0.230 e. The molecule has 1 fully saturated rings.